The number of hydrogen-bond donors (Lipinski definition) is 0. The van der Waals surface area contributed by atoms with E-state index in [0.29, 0.717) is 9.23 Å². The van der Waals surface area contributed by atoms with Gasteiger partial charge in [0.05, 0.1) is 4.91 Å². The molecule has 1 aliphatic heterocycles. The first-order valence-corrected chi connectivity index (χ1v) is 7.84. The maximum absolute atomic E-state index is 12.4. The van der Waals surface area contributed by atoms with E-state index in [1.54, 1.807) is 4.90 Å². The maximum Gasteiger partial charge on any atom is 0.266 e. The van der Waals surface area contributed by atoms with E-state index in [-0.39, 0.29) is 11.4 Å². The van der Waals surface area contributed by atoms with Crippen molar-refractivity contribution in [2.24, 2.45) is 0 Å². The normalized spacial score (nSPS) is 18.5. The Morgan fingerprint density at radius 1 is 1.37 bits per heavy atom. The van der Waals surface area contributed by atoms with E-state index >= 15 is 0 Å². The number of carbonyl (C=O) groups excluding carboxylic acids is 1. The van der Waals surface area contributed by atoms with Crippen molar-refractivity contribution in [3.8, 4) is 0 Å². The number of carbonyl (C=O) groups is 1. The van der Waals surface area contributed by atoms with Gasteiger partial charge in [-0.15, -0.1) is 0 Å². The summed E-state index contributed by atoms with van der Waals surface area (Å²) >= 11 is 10.1. The number of thiocarbonyl (C=S) groups is 1. The number of halogens is 1. The summed E-state index contributed by atoms with van der Waals surface area (Å²) in [6.07, 6.45) is 1.88. The topological polar surface area (TPSA) is 20.3 Å². The minimum absolute atomic E-state index is 0.0116. The van der Waals surface area contributed by atoms with Crippen LogP contribution in [0.5, 0.6) is 0 Å². The van der Waals surface area contributed by atoms with E-state index in [9.17, 15) is 4.79 Å². The van der Waals surface area contributed by atoms with Gasteiger partial charge in [-0.1, -0.05) is 52.0 Å². The fraction of sp³-hybridized carbons (Fsp3) is 0.286. The summed E-state index contributed by atoms with van der Waals surface area (Å²) in [5, 5.41) is 0. The molecule has 1 amide bonds. The van der Waals surface area contributed by atoms with E-state index < -0.39 is 0 Å². The lowest BCUT2D eigenvalue weighted by molar-refractivity contribution is -0.125. The monoisotopic (exact) mass is 355 g/mol. The Balaban J connectivity index is 2.34. The molecule has 0 saturated carbocycles. The molecule has 0 bridgehead atoms. The van der Waals surface area contributed by atoms with Gasteiger partial charge in [0.25, 0.3) is 5.91 Å². The number of rotatable bonds is 1. The molecule has 100 valence electrons. The molecule has 0 unspecified atom stereocenters. The van der Waals surface area contributed by atoms with Crippen LogP contribution in [-0.2, 0) is 4.79 Å². The SMILES string of the molecule is CC(C)(C)N1C(=O)C(=Cc2cccc(Br)c2)SC1=S. The van der Waals surface area contributed by atoms with Crippen LogP contribution >= 0.6 is 39.9 Å². The number of benzene rings is 1. The van der Waals surface area contributed by atoms with Gasteiger partial charge < -0.3 is 0 Å². The first kappa shape index (κ1) is 14.8. The molecule has 2 rings (SSSR count). The Morgan fingerprint density at radius 3 is 2.58 bits per heavy atom. The Morgan fingerprint density at radius 2 is 2.05 bits per heavy atom. The Kier molecular flexibility index (Phi) is 4.18. The highest BCUT2D eigenvalue weighted by atomic mass is 79.9. The minimum Gasteiger partial charge on any atom is -0.288 e. The van der Waals surface area contributed by atoms with Gasteiger partial charge in [0.1, 0.15) is 4.32 Å². The first-order valence-electron chi connectivity index (χ1n) is 5.83. The van der Waals surface area contributed by atoms with E-state index in [2.05, 4.69) is 15.9 Å². The quantitative estimate of drug-likeness (QED) is 0.548. The lowest BCUT2D eigenvalue weighted by Gasteiger charge is -2.30. The molecule has 1 aromatic carbocycles. The summed E-state index contributed by atoms with van der Waals surface area (Å²) in [4.78, 5) is 14.7. The standard InChI is InChI=1S/C14H14BrNOS2/c1-14(2,3)16-12(17)11(19-13(16)18)8-9-5-4-6-10(15)7-9/h4-8H,1-3H3. The smallest absolute Gasteiger partial charge is 0.266 e. The molecule has 1 aliphatic rings. The van der Waals surface area contributed by atoms with Crippen LogP contribution in [-0.4, -0.2) is 20.7 Å². The molecule has 5 heteroatoms. The van der Waals surface area contributed by atoms with Gasteiger partial charge in [-0.05, 0) is 44.5 Å². The van der Waals surface area contributed by atoms with Crippen molar-refractivity contribution in [3.05, 3.63) is 39.2 Å². The second kappa shape index (κ2) is 5.38. The Labute approximate surface area is 131 Å². The van der Waals surface area contributed by atoms with E-state index in [1.165, 1.54) is 11.8 Å². The predicted octanol–water partition coefficient (Wildman–Crippen LogP) is 4.45. The third-order valence-electron chi connectivity index (χ3n) is 2.61. The lowest BCUT2D eigenvalue weighted by Crippen LogP contribution is -2.44. The summed E-state index contributed by atoms with van der Waals surface area (Å²) in [6, 6.07) is 7.84. The third-order valence-corrected chi connectivity index (χ3v) is 4.41. The van der Waals surface area contributed by atoms with E-state index in [1.807, 2.05) is 51.1 Å². The minimum atomic E-state index is -0.284. The van der Waals surface area contributed by atoms with Gasteiger partial charge in [0.15, 0.2) is 0 Å². The van der Waals surface area contributed by atoms with Gasteiger partial charge in [-0.3, -0.25) is 9.69 Å². The average Bonchev–Trinajstić information content (AvgIpc) is 2.53. The lowest BCUT2D eigenvalue weighted by atomic mass is 10.1. The second-order valence-electron chi connectivity index (χ2n) is 5.24. The zero-order valence-electron chi connectivity index (χ0n) is 10.9. The van der Waals surface area contributed by atoms with Crippen LogP contribution < -0.4 is 0 Å². The number of hydrogen-bond acceptors (Lipinski definition) is 3. The molecular weight excluding hydrogens is 342 g/mol. The molecule has 0 radical (unpaired) electrons. The van der Waals surface area contributed by atoms with Crippen molar-refractivity contribution < 1.29 is 4.79 Å². The fourth-order valence-electron chi connectivity index (χ4n) is 1.79. The van der Waals surface area contributed by atoms with Crippen LogP contribution in [0.3, 0.4) is 0 Å². The molecule has 2 nitrogen and oxygen atoms in total. The van der Waals surface area contributed by atoms with Crippen LogP contribution in [0.25, 0.3) is 6.08 Å². The van der Waals surface area contributed by atoms with Crippen molar-refractivity contribution in [1.29, 1.82) is 0 Å². The number of nitrogens with zero attached hydrogens (tertiary/aromatic N) is 1. The van der Waals surface area contributed by atoms with Crippen LogP contribution in [0.15, 0.2) is 33.6 Å². The second-order valence-corrected chi connectivity index (χ2v) is 7.83. The highest BCUT2D eigenvalue weighted by Crippen LogP contribution is 2.36. The number of thioether (sulfide) groups is 1. The molecule has 1 aromatic rings. The largest absolute Gasteiger partial charge is 0.288 e. The average molecular weight is 356 g/mol. The van der Waals surface area contributed by atoms with Crippen molar-refractivity contribution in [1.82, 2.24) is 4.90 Å². The summed E-state index contributed by atoms with van der Waals surface area (Å²) < 4.78 is 1.62. The third kappa shape index (κ3) is 3.27. The predicted molar refractivity (Wildman–Crippen MR) is 88.9 cm³/mol. The Hall–Kier alpha value is -0.650. The van der Waals surface area contributed by atoms with Crippen molar-refractivity contribution in [3.63, 3.8) is 0 Å². The highest BCUT2D eigenvalue weighted by Gasteiger charge is 2.38. The molecule has 19 heavy (non-hydrogen) atoms. The van der Waals surface area contributed by atoms with Gasteiger partial charge in [-0.25, -0.2) is 0 Å². The molecule has 0 atom stereocenters. The van der Waals surface area contributed by atoms with E-state index in [4.69, 9.17) is 12.2 Å². The molecule has 1 heterocycles. The first-order chi connectivity index (χ1) is 8.79. The van der Waals surface area contributed by atoms with Crippen molar-refractivity contribution >= 4 is 56.2 Å². The van der Waals surface area contributed by atoms with Gasteiger partial charge in [0.2, 0.25) is 0 Å². The molecule has 0 aromatic heterocycles. The molecular formula is C14H14BrNOS2. The van der Waals surface area contributed by atoms with Crippen LogP contribution in [0.1, 0.15) is 26.3 Å². The molecule has 1 fully saturated rings. The van der Waals surface area contributed by atoms with Crippen molar-refractivity contribution in [2.45, 2.75) is 26.3 Å². The van der Waals surface area contributed by atoms with Gasteiger partial charge >= 0.3 is 0 Å². The van der Waals surface area contributed by atoms with Crippen LogP contribution in [0, 0.1) is 0 Å². The zero-order chi connectivity index (χ0) is 14.2. The zero-order valence-corrected chi connectivity index (χ0v) is 14.2. The summed E-state index contributed by atoms with van der Waals surface area (Å²) in [6.45, 7) is 5.96. The van der Waals surface area contributed by atoms with Crippen LogP contribution in [0.2, 0.25) is 0 Å². The number of amides is 1. The summed E-state index contributed by atoms with van der Waals surface area (Å²) in [5.41, 5.74) is 0.706. The van der Waals surface area contributed by atoms with Crippen molar-refractivity contribution in [2.75, 3.05) is 0 Å². The summed E-state index contributed by atoms with van der Waals surface area (Å²) in [5.74, 6) is -0.0116. The molecule has 0 aliphatic carbocycles. The van der Waals surface area contributed by atoms with Gasteiger partial charge in [-0.2, -0.15) is 0 Å². The van der Waals surface area contributed by atoms with E-state index in [0.717, 1.165) is 10.0 Å². The molecule has 1 saturated heterocycles. The van der Waals surface area contributed by atoms with Gasteiger partial charge in [0, 0.05) is 10.0 Å². The fourth-order valence-corrected chi connectivity index (χ4v) is 3.85. The molecule has 0 spiro atoms. The maximum atomic E-state index is 12.4. The summed E-state index contributed by atoms with van der Waals surface area (Å²) in [7, 11) is 0. The highest BCUT2D eigenvalue weighted by molar-refractivity contribution is 9.10. The Bertz CT molecular complexity index is 575. The van der Waals surface area contributed by atoms with Crippen LogP contribution in [0.4, 0.5) is 0 Å². The molecule has 0 N–H and O–H groups in total.